The Kier molecular flexibility index (Phi) is 6.34. The summed E-state index contributed by atoms with van der Waals surface area (Å²) in [7, 11) is 1.54. The van der Waals surface area contributed by atoms with Crippen LogP contribution in [0.3, 0.4) is 0 Å². The van der Waals surface area contributed by atoms with Crippen molar-refractivity contribution in [3.05, 3.63) is 53.1 Å². The molecule has 1 heterocycles. The lowest BCUT2D eigenvalue weighted by molar-refractivity contribution is -0.120. The topological polar surface area (TPSA) is 87.7 Å². The number of amides is 4. The third kappa shape index (κ3) is 4.71. The summed E-state index contributed by atoms with van der Waals surface area (Å²) in [5.74, 6) is -0.158. The number of aryl methyl sites for hydroxylation is 1. The number of nitrogens with one attached hydrogen (secondary N) is 2. The average molecular weight is 424 g/mol. The molecular weight excluding hydrogens is 394 g/mol. The first-order valence-corrected chi connectivity index (χ1v) is 10.4. The predicted molar refractivity (Wildman–Crippen MR) is 121 cm³/mol. The van der Waals surface area contributed by atoms with Crippen LogP contribution in [0.25, 0.3) is 0 Å². The molecule has 1 saturated heterocycles. The van der Waals surface area contributed by atoms with E-state index < -0.39 is 6.03 Å². The Balaban J connectivity index is 2.10. The van der Waals surface area contributed by atoms with Gasteiger partial charge in [-0.2, -0.15) is 0 Å². The molecule has 1 fully saturated rings. The van der Waals surface area contributed by atoms with Crippen LogP contribution in [0.15, 0.2) is 36.4 Å². The highest BCUT2D eigenvalue weighted by Crippen LogP contribution is 2.38. The van der Waals surface area contributed by atoms with E-state index in [1.54, 1.807) is 6.07 Å². The number of anilines is 2. The second-order valence-corrected chi connectivity index (χ2v) is 8.54. The van der Waals surface area contributed by atoms with Crippen LogP contribution in [-0.4, -0.2) is 31.5 Å². The summed E-state index contributed by atoms with van der Waals surface area (Å²) in [6.45, 7) is 8.33. The molecule has 0 atom stereocenters. The molecule has 0 radical (unpaired) electrons. The number of carbonyl (C=O) groups is 3. The first kappa shape index (κ1) is 22.3. The van der Waals surface area contributed by atoms with Crippen LogP contribution in [0, 0.1) is 0 Å². The number of methoxy groups -OCH3 is 1. The number of benzene rings is 2. The zero-order valence-electron chi connectivity index (χ0n) is 18.7. The molecule has 0 saturated carbocycles. The minimum atomic E-state index is -0.496. The van der Waals surface area contributed by atoms with Gasteiger partial charge in [0.15, 0.2) is 0 Å². The fraction of sp³-hybridized carbons (Fsp3) is 0.375. The Morgan fingerprint density at radius 2 is 1.90 bits per heavy atom. The highest BCUT2D eigenvalue weighted by atomic mass is 16.5. The molecule has 0 bridgehead atoms. The highest BCUT2D eigenvalue weighted by molar-refractivity contribution is 6.09. The van der Waals surface area contributed by atoms with Gasteiger partial charge in [0.2, 0.25) is 5.91 Å². The number of nitrogens with zero attached hydrogens (tertiary/aromatic N) is 1. The van der Waals surface area contributed by atoms with Crippen LogP contribution in [0.5, 0.6) is 5.75 Å². The standard InChI is InChI=1S/C24H29N3O4/c1-6-15-9-7-8-10-19(15)25-22(29)17-13-16(27-12-11-20(28)26-23(27)30)14-18(21(17)31-5)24(2,3)4/h7-10,13-14H,6,11-12H2,1-5H3,(H,25,29)(H,26,28,30). The van der Waals surface area contributed by atoms with E-state index in [-0.39, 0.29) is 30.2 Å². The quantitative estimate of drug-likeness (QED) is 0.752. The van der Waals surface area contributed by atoms with Crippen molar-refractivity contribution in [2.45, 2.75) is 46.0 Å². The molecule has 1 aliphatic heterocycles. The van der Waals surface area contributed by atoms with Gasteiger partial charge in [0.05, 0.1) is 12.7 Å². The lowest BCUT2D eigenvalue weighted by atomic mass is 9.84. The number of para-hydroxylation sites is 1. The number of imide groups is 1. The number of rotatable bonds is 5. The van der Waals surface area contributed by atoms with Gasteiger partial charge >= 0.3 is 6.03 Å². The van der Waals surface area contributed by atoms with Gasteiger partial charge in [-0.05, 0) is 35.6 Å². The zero-order valence-corrected chi connectivity index (χ0v) is 18.7. The number of carbonyl (C=O) groups excluding carboxylic acids is 3. The van der Waals surface area contributed by atoms with Crippen molar-refractivity contribution in [2.75, 3.05) is 23.9 Å². The van der Waals surface area contributed by atoms with E-state index in [1.807, 2.05) is 58.0 Å². The predicted octanol–water partition coefficient (Wildman–Crippen LogP) is 4.25. The van der Waals surface area contributed by atoms with Crippen LogP contribution >= 0.6 is 0 Å². The zero-order chi connectivity index (χ0) is 22.8. The van der Waals surface area contributed by atoms with Crippen LogP contribution in [0.4, 0.5) is 16.2 Å². The van der Waals surface area contributed by atoms with E-state index in [1.165, 1.54) is 12.0 Å². The second-order valence-electron chi connectivity index (χ2n) is 8.54. The smallest absolute Gasteiger partial charge is 0.328 e. The van der Waals surface area contributed by atoms with Crippen LogP contribution < -0.4 is 20.3 Å². The lowest BCUT2D eigenvalue weighted by Crippen LogP contribution is -2.49. The third-order valence-corrected chi connectivity index (χ3v) is 5.34. The first-order valence-electron chi connectivity index (χ1n) is 10.4. The first-order chi connectivity index (χ1) is 14.7. The van der Waals surface area contributed by atoms with Gasteiger partial charge in [-0.1, -0.05) is 45.9 Å². The van der Waals surface area contributed by atoms with Crippen molar-refractivity contribution in [3.63, 3.8) is 0 Å². The molecule has 7 nitrogen and oxygen atoms in total. The summed E-state index contributed by atoms with van der Waals surface area (Å²) >= 11 is 0. The van der Waals surface area contributed by atoms with Crippen molar-refractivity contribution >= 4 is 29.2 Å². The summed E-state index contributed by atoms with van der Waals surface area (Å²) in [4.78, 5) is 38.8. The van der Waals surface area contributed by atoms with Gasteiger partial charge in [0.1, 0.15) is 5.75 Å². The molecule has 3 rings (SSSR count). The van der Waals surface area contributed by atoms with Crippen LogP contribution in [0.1, 0.15) is 55.6 Å². The van der Waals surface area contributed by atoms with Gasteiger partial charge in [0, 0.05) is 29.9 Å². The SMILES string of the molecule is CCc1ccccc1NC(=O)c1cc(N2CCC(=O)NC2=O)cc(C(C)(C)C)c1OC. The van der Waals surface area contributed by atoms with E-state index in [0.29, 0.717) is 17.0 Å². The summed E-state index contributed by atoms with van der Waals surface area (Å²) in [5, 5.41) is 5.32. The van der Waals surface area contributed by atoms with Gasteiger partial charge < -0.3 is 10.1 Å². The Morgan fingerprint density at radius 1 is 1.19 bits per heavy atom. The molecule has 2 aromatic rings. The Bertz CT molecular complexity index is 1020. The summed E-state index contributed by atoms with van der Waals surface area (Å²) in [6, 6.07) is 10.6. The van der Waals surface area contributed by atoms with Crippen molar-refractivity contribution in [1.82, 2.24) is 5.32 Å². The minimum Gasteiger partial charge on any atom is -0.496 e. The molecule has 2 N–H and O–H groups in total. The molecule has 4 amide bonds. The molecular formula is C24H29N3O4. The molecule has 7 heteroatoms. The summed E-state index contributed by atoms with van der Waals surface area (Å²) in [6.07, 6.45) is 0.983. The van der Waals surface area contributed by atoms with Gasteiger partial charge in [-0.25, -0.2) is 4.79 Å². The number of urea groups is 1. The highest BCUT2D eigenvalue weighted by Gasteiger charge is 2.30. The fourth-order valence-electron chi connectivity index (χ4n) is 3.67. The van der Waals surface area contributed by atoms with E-state index in [4.69, 9.17) is 4.74 Å². The summed E-state index contributed by atoms with van der Waals surface area (Å²) < 4.78 is 5.67. The minimum absolute atomic E-state index is 0.202. The van der Waals surface area contributed by atoms with Gasteiger partial charge in [-0.15, -0.1) is 0 Å². The molecule has 0 spiro atoms. The molecule has 1 aliphatic rings. The van der Waals surface area contributed by atoms with Crippen LogP contribution in [0.2, 0.25) is 0 Å². The maximum Gasteiger partial charge on any atom is 0.328 e. The van der Waals surface area contributed by atoms with E-state index in [0.717, 1.165) is 23.2 Å². The molecule has 0 aliphatic carbocycles. The van der Waals surface area contributed by atoms with Gasteiger partial charge in [0.25, 0.3) is 5.91 Å². The van der Waals surface area contributed by atoms with Crippen molar-refractivity contribution in [1.29, 1.82) is 0 Å². The lowest BCUT2D eigenvalue weighted by Gasteiger charge is -2.30. The molecule has 0 unspecified atom stereocenters. The van der Waals surface area contributed by atoms with Crippen molar-refractivity contribution in [2.24, 2.45) is 0 Å². The largest absolute Gasteiger partial charge is 0.496 e. The van der Waals surface area contributed by atoms with Gasteiger partial charge in [-0.3, -0.25) is 19.8 Å². The maximum atomic E-state index is 13.3. The Hall–Kier alpha value is -3.35. The Morgan fingerprint density at radius 3 is 2.52 bits per heavy atom. The third-order valence-electron chi connectivity index (χ3n) is 5.34. The normalized spacial score (nSPS) is 14.3. The monoisotopic (exact) mass is 423 g/mol. The van der Waals surface area contributed by atoms with E-state index in [2.05, 4.69) is 10.6 Å². The van der Waals surface area contributed by atoms with E-state index >= 15 is 0 Å². The molecule has 31 heavy (non-hydrogen) atoms. The summed E-state index contributed by atoms with van der Waals surface area (Å²) in [5.41, 5.74) is 3.09. The number of hydrogen-bond acceptors (Lipinski definition) is 4. The maximum absolute atomic E-state index is 13.3. The Labute approximate surface area is 182 Å². The molecule has 0 aromatic heterocycles. The van der Waals surface area contributed by atoms with Crippen molar-refractivity contribution < 1.29 is 19.1 Å². The number of hydrogen-bond donors (Lipinski definition) is 2. The molecule has 2 aromatic carbocycles. The van der Waals surface area contributed by atoms with E-state index in [9.17, 15) is 14.4 Å². The number of ether oxygens (including phenoxy) is 1. The van der Waals surface area contributed by atoms with Crippen LogP contribution in [-0.2, 0) is 16.6 Å². The van der Waals surface area contributed by atoms with Crippen molar-refractivity contribution in [3.8, 4) is 5.75 Å². The molecule has 164 valence electrons. The average Bonchev–Trinajstić information content (AvgIpc) is 2.72. The second kappa shape index (κ2) is 8.79. The fourth-order valence-corrected chi connectivity index (χ4v) is 3.67.